The number of pyridine rings is 1. The molecule has 0 spiro atoms. The van der Waals surface area contributed by atoms with Gasteiger partial charge in [0, 0.05) is 24.1 Å². The van der Waals surface area contributed by atoms with Crippen molar-refractivity contribution in [1.82, 2.24) is 10.3 Å². The van der Waals surface area contributed by atoms with Gasteiger partial charge in [-0.05, 0) is 85.8 Å². The number of alkyl carbamates (subject to hydrolysis) is 1. The Hall–Kier alpha value is -2.74. The van der Waals surface area contributed by atoms with Gasteiger partial charge in [0.2, 0.25) is 0 Å². The molecular formula is C25H30BrN3O4. The smallest absolute Gasteiger partial charge is 0.407 e. The van der Waals surface area contributed by atoms with Gasteiger partial charge >= 0.3 is 6.09 Å². The topological polar surface area (TPSA) is 97.4 Å². The number of ether oxygens (including phenoxy) is 1. The molecular weight excluding hydrogens is 486 g/mol. The van der Waals surface area contributed by atoms with Crippen molar-refractivity contribution in [2.45, 2.75) is 64.5 Å². The van der Waals surface area contributed by atoms with Crippen LogP contribution in [0.4, 0.5) is 10.5 Å². The Kier molecular flexibility index (Phi) is 8.24. The van der Waals surface area contributed by atoms with Gasteiger partial charge < -0.3 is 15.4 Å². The van der Waals surface area contributed by atoms with Crippen LogP contribution in [0.5, 0.6) is 0 Å². The zero-order chi connectivity index (χ0) is 24.0. The van der Waals surface area contributed by atoms with Gasteiger partial charge in [-0.1, -0.05) is 24.6 Å². The Labute approximate surface area is 202 Å². The SMILES string of the molecule is CC(C)(C)OC(=O)N[C@H]1CCC[C@@H](C(=O)Cc2ccc(NC(=O)c3cccc(Br)n3)cc2)C1. The lowest BCUT2D eigenvalue weighted by molar-refractivity contribution is -0.123. The number of rotatable bonds is 6. The van der Waals surface area contributed by atoms with Crippen LogP contribution in [0, 0.1) is 5.92 Å². The Morgan fingerprint density at radius 2 is 1.82 bits per heavy atom. The van der Waals surface area contributed by atoms with Crippen LogP contribution < -0.4 is 10.6 Å². The predicted molar refractivity (Wildman–Crippen MR) is 130 cm³/mol. The van der Waals surface area contributed by atoms with Crippen LogP contribution in [0.15, 0.2) is 47.1 Å². The summed E-state index contributed by atoms with van der Waals surface area (Å²) >= 11 is 3.26. The van der Waals surface area contributed by atoms with E-state index in [0.717, 1.165) is 24.8 Å². The Balaban J connectivity index is 1.51. The van der Waals surface area contributed by atoms with Crippen molar-refractivity contribution >= 4 is 39.4 Å². The first kappa shape index (κ1) is 24.9. The van der Waals surface area contributed by atoms with Gasteiger partial charge in [0.1, 0.15) is 21.7 Å². The standard InChI is InChI=1S/C25H30BrN3O4/c1-25(2,3)33-24(32)28-19-7-4-6-17(15-19)21(30)14-16-10-12-18(13-11-16)27-23(31)20-8-5-9-22(26)29-20/h5,8-13,17,19H,4,6-7,14-15H2,1-3H3,(H,27,31)(H,28,32)/t17-,19+/m1/s1. The van der Waals surface area contributed by atoms with Crippen molar-refractivity contribution in [3.05, 3.63) is 58.3 Å². The normalized spacial score (nSPS) is 18.3. The number of benzene rings is 1. The number of Topliss-reactive ketones (excluding diaryl/α,β-unsaturated/α-hetero) is 1. The molecule has 0 radical (unpaired) electrons. The van der Waals surface area contributed by atoms with Crippen LogP contribution >= 0.6 is 15.9 Å². The van der Waals surface area contributed by atoms with Crippen LogP contribution in [0.25, 0.3) is 0 Å². The summed E-state index contributed by atoms with van der Waals surface area (Å²) in [5, 5.41) is 5.72. The first-order valence-electron chi connectivity index (χ1n) is 11.1. The molecule has 2 N–H and O–H groups in total. The van der Waals surface area contributed by atoms with Crippen LogP contribution in [-0.4, -0.2) is 34.4 Å². The number of ketones is 1. The van der Waals surface area contributed by atoms with E-state index < -0.39 is 11.7 Å². The fourth-order valence-electron chi connectivity index (χ4n) is 3.87. The fraction of sp³-hybridized carbons (Fsp3) is 0.440. The number of nitrogens with one attached hydrogen (secondary N) is 2. The van der Waals surface area contributed by atoms with E-state index in [4.69, 9.17) is 4.74 Å². The summed E-state index contributed by atoms with van der Waals surface area (Å²) in [6, 6.07) is 12.4. The van der Waals surface area contributed by atoms with Gasteiger partial charge in [0.15, 0.2) is 0 Å². The maximum Gasteiger partial charge on any atom is 0.407 e. The molecule has 176 valence electrons. The van der Waals surface area contributed by atoms with Crippen molar-refractivity contribution in [3.8, 4) is 0 Å². The minimum atomic E-state index is -0.548. The maximum absolute atomic E-state index is 12.9. The third-order valence-corrected chi connectivity index (χ3v) is 5.83. The number of carbonyl (C=O) groups excluding carboxylic acids is 3. The first-order chi connectivity index (χ1) is 15.6. The molecule has 2 atom stereocenters. The summed E-state index contributed by atoms with van der Waals surface area (Å²) in [4.78, 5) is 41.4. The number of halogens is 1. The van der Waals surface area contributed by atoms with E-state index in [1.165, 1.54) is 0 Å². The van der Waals surface area contributed by atoms with Crippen LogP contribution in [0.2, 0.25) is 0 Å². The second kappa shape index (κ2) is 10.9. The van der Waals surface area contributed by atoms with E-state index in [1.54, 1.807) is 30.3 Å². The zero-order valence-corrected chi connectivity index (χ0v) is 20.8. The van der Waals surface area contributed by atoms with E-state index in [0.29, 0.717) is 28.8 Å². The summed E-state index contributed by atoms with van der Waals surface area (Å²) in [6.07, 6.45) is 3.10. The van der Waals surface area contributed by atoms with E-state index in [9.17, 15) is 14.4 Å². The summed E-state index contributed by atoms with van der Waals surface area (Å²) in [5.41, 5.74) is 1.29. The van der Waals surface area contributed by atoms with Gasteiger partial charge in [-0.2, -0.15) is 0 Å². The highest BCUT2D eigenvalue weighted by Gasteiger charge is 2.29. The van der Waals surface area contributed by atoms with E-state index in [-0.39, 0.29) is 23.7 Å². The lowest BCUT2D eigenvalue weighted by Gasteiger charge is -2.30. The van der Waals surface area contributed by atoms with Crippen molar-refractivity contribution in [2.24, 2.45) is 5.92 Å². The molecule has 1 aliphatic carbocycles. The second-order valence-electron chi connectivity index (χ2n) is 9.35. The lowest BCUT2D eigenvalue weighted by Crippen LogP contribution is -2.42. The van der Waals surface area contributed by atoms with Gasteiger partial charge in [-0.3, -0.25) is 9.59 Å². The zero-order valence-electron chi connectivity index (χ0n) is 19.2. The minimum Gasteiger partial charge on any atom is -0.444 e. The monoisotopic (exact) mass is 515 g/mol. The molecule has 3 rings (SSSR count). The average molecular weight is 516 g/mol. The maximum atomic E-state index is 12.9. The van der Waals surface area contributed by atoms with E-state index >= 15 is 0 Å². The largest absolute Gasteiger partial charge is 0.444 e. The summed E-state index contributed by atoms with van der Waals surface area (Å²) in [5.74, 6) is -0.215. The number of hydrogen-bond donors (Lipinski definition) is 2. The molecule has 2 aromatic rings. The molecule has 1 heterocycles. The quantitative estimate of drug-likeness (QED) is 0.509. The van der Waals surface area contributed by atoms with Gasteiger partial charge in [0.05, 0.1) is 0 Å². The summed E-state index contributed by atoms with van der Waals surface area (Å²) in [7, 11) is 0. The van der Waals surface area contributed by atoms with Crippen LogP contribution in [0.1, 0.15) is 62.5 Å². The Bertz CT molecular complexity index is 1000. The lowest BCUT2D eigenvalue weighted by atomic mass is 9.81. The molecule has 1 aliphatic rings. The third-order valence-electron chi connectivity index (χ3n) is 5.39. The first-order valence-corrected chi connectivity index (χ1v) is 11.9. The van der Waals surface area contributed by atoms with Crippen LogP contribution in [0.3, 0.4) is 0 Å². The summed E-state index contributed by atoms with van der Waals surface area (Å²) < 4.78 is 5.93. The highest BCUT2D eigenvalue weighted by Crippen LogP contribution is 2.27. The molecule has 0 bridgehead atoms. The molecule has 1 aromatic carbocycles. The predicted octanol–water partition coefficient (Wildman–Crippen LogP) is 5.29. The molecule has 1 aromatic heterocycles. The number of anilines is 1. The third kappa shape index (κ3) is 7.96. The number of hydrogen-bond acceptors (Lipinski definition) is 5. The number of amides is 2. The Morgan fingerprint density at radius 3 is 2.48 bits per heavy atom. The Morgan fingerprint density at radius 1 is 1.09 bits per heavy atom. The van der Waals surface area contributed by atoms with Crippen LogP contribution in [-0.2, 0) is 16.0 Å². The molecule has 0 unspecified atom stereocenters. The molecule has 0 saturated heterocycles. The van der Waals surface area contributed by atoms with Crippen molar-refractivity contribution in [2.75, 3.05) is 5.32 Å². The van der Waals surface area contributed by atoms with Crippen molar-refractivity contribution in [3.63, 3.8) is 0 Å². The number of nitrogens with zero attached hydrogens (tertiary/aromatic N) is 1. The second-order valence-corrected chi connectivity index (χ2v) is 10.2. The minimum absolute atomic E-state index is 0.0493. The number of aromatic nitrogens is 1. The van der Waals surface area contributed by atoms with E-state index in [1.807, 2.05) is 32.9 Å². The molecule has 0 aliphatic heterocycles. The van der Waals surface area contributed by atoms with E-state index in [2.05, 4.69) is 31.5 Å². The molecule has 2 amide bonds. The van der Waals surface area contributed by atoms with Gasteiger partial charge in [0.25, 0.3) is 5.91 Å². The highest BCUT2D eigenvalue weighted by atomic mass is 79.9. The van der Waals surface area contributed by atoms with Gasteiger partial charge in [-0.15, -0.1) is 0 Å². The molecule has 7 nitrogen and oxygen atoms in total. The average Bonchev–Trinajstić information content (AvgIpc) is 2.74. The molecule has 1 saturated carbocycles. The molecule has 8 heteroatoms. The number of carbonyl (C=O) groups is 3. The fourth-order valence-corrected chi connectivity index (χ4v) is 4.21. The van der Waals surface area contributed by atoms with Gasteiger partial charge in [-0.25, -0.2) is 9.78 Å². The molecule has 1 fully saturated rings. The molecule has 33 heavy (non-hydrogen) atoms. The highest BCUT2D eigenvalue weighted by molar-refractivity contribution is 9.10. The van der Waals surface area contributed by atoms with Crippen molar-refractivity contribution in [1.29, 1.82) is 0 Å². The van der Waals surface area contributed by atoms with Crippen molar-refractivity contribution < 1.29 is 19.1 Å². The summed E-state index contributed by atoms with van der Waals surface area (Å²) in [6.45, 7) is 5.48.